The molecule has 0 unspecified atom stereocenters. The van der Waals surface area contributed by atoms with Crippen LogP contribution in [-0.2, 0) is 30.6 Å². The Kier molecular flexibility index (Phi) is 6.37. The minimum Gasteiger partial charge on any atom is -0.454 e. The van der Waals surface area contributed by atoms with Crippen LogP contribution in [0.1, 0.15) is 38.2 Å². The molecule has 0 spiro atoms. The molecule has 2 aromatic carbocycles. The summed E-state index contributed by atoms with van der Waals surface area (Å²) >= 11 is 0. The number of benzene rings is 2. The highest BCUT2D eigenvalue weighted by molar-refractivity contribution is 7.93. The van der Waals surface area contributed by atoms with E-state index in [2.05, 4.69) is 5.32 Å². The molecule has 0 bridgehead atoms. The van der Waals surface area contributed by atoms with Gasteiger partial charge in [0.15, 0.2) is 21.2 Å². The summed E-state index contributed by atoms with van der Waals surface area (Å²) in [5, 5.41) is 2.66. The van der Waals surface area contributed by atoms with Gasteiger partial charge in [0.2, 0.25) is 0 Å². The third-order valence-corrected chi connectivity index (χ3v) is 7.83. The third kappa shape index (κ3) is 4.34. The molecule has 6 nitrogen and oxygen atoms in total. The minimum atomic E-state index is -3.92. The molecule has 29 heavy (non-hydrogen) atoms. The van der Waals surface area contributed by atoms with Gasteiger partial charge in [0, 0.05) is 5.69 Å². The fraction of sp³-hybridized carbons (Fsp3) is 0.364. The molecule has 0 aliphatic heterocycles. The van der Waals surface area contributed by atoms with E-state index in [1.165, 1.54) is 12.1 Å². The van der Waals surface area contributed by atoms with Crippen molar-refractivity contribution in [1.82, 2.24) is 0 Å². The average Bonchev–Trinajstić information content (AvgIpc) is 3.25. The molecule has 154 valence electrons. The van der Waals surface area contributed by atoms with Crippen LogP contribution < -0.4 is 5.32 Å². The largest absolute Gasteiger partial charge is 0.454 e. The van der Waals surface area contributed by atoms with Crippen LogP contribution in [0, 0.1) is 0 Å². The summed E-state index contributed by atoms with van der Waals surface area (Å²) in [5.41, 5.74) is 1.74. The van der Waals surface area contributed by atoms with Crippen molar-refractivity contribution >= 4 is 27.4 Å². The molecule has 0 atom stereocenters. The molecule has 0 heterocycles. The van der Waals surface area contributed by atoms with Crippen molar-refractivity contribution in [3.05, 3.63) is 60.2 Å². The maximum absolute atomic E-state index is 13.2. The lowest BCUT2D eigenvalue weighted by Gasteiger charge is -2.26. The summed E-state index contributed by atoms with van der Waals surface area (Å²) in [7, 11) is -3.92. The van der Waals surface area contributed by atoms with Gasteiger partial charge < -0.3 is 10.1 Å². The van der Waals surface area contributed by atoms with Crippen LogP contribution in [0.3, 0.4) is 0 Å². The average molecular weight is 416 g/mol. The monoisotopic (exact) mass is 415 g/mol. The second kappa shape index (κ2) is 8.78. The molecule has 0 saturated heterocycles. The molecule has 1 saturated carbocycles. The van der Waals surface area contributed by atoms with Crippen molar-refractivity contribution in [2.45, 2.75) is 48.7 Å². The molecule has 0 radical (unpaired) electrons. The Labute approximate surface area is 171 Å². The van der Waals surface area contributed by atoms with E-state index in [0.29, 0.717) is 18.5 Å². The van der Waals surface area contributed by atoms with Crippen molar-refractivity contribution in [1.29, 1.82) is 0 Å². The van der Waals surface area contributed by atoms with E-state index in [0.717, 1.165) is 12.0 Å². The standard InChI is InChI=1S/C22H25NO5S/c1-2-17-10-12-18(13-11-17)23-20(24)16-28-21(25)22(14-6-7-15-22)29(26,27)19-8-4-3-5-9-19/h3-5,8-13H,2,6-7,14-16H2,1H3,(H,23,24). The summed E-state index contributed by atoms with van der Waals surface area (Å²) < 4.78 is 29.9. The number of hydrogen-bond donors (Lipinski definition) is 1. The quantitative estimate of drug-likeness (QED) is 0.699. The van der Waals surface area contributed by atoms with Gasteiger partial charge in [-0.3, -0.25) is 9.59 Å². The molecule has 1 fully saturated rings. The number of amides is 1. The van der Waals surface area contributed by atoms with Gasteiger partial charge >= 0.3 is 5.97 Å². The SMILES string of the molecule is CCc1ccc(NC(=O)COC(=O)C2(S(=O)(=O)c3ccccc3)CCCC2)cc1. The van der Waals surface area contributed by atoms with Crippen molar-refractivity contribution in [3.63, 3.8) is 0 Å². The van der Waals surface area contributed by atoms with Gasteiger partial charge in [-0.1, -0.05) is 50.1 Å². The molecular weight excluding hydrogens is 390 g/mol. The molecule has 0 aromatic heterocycles. The normalized spacial score (nSPS) is 15.6. The predicted molar refractivity (Wildman–Crippen MR) is 110 cm³/mol. The summed E-state index contributed by atoms with van der Waals surface area (Å²) in [4.78, 5) is 25.1. The smallest absolute Gasteiger partial charge is 0.328 e. The zero-order valence-electron chi connectivity index (χ0n) is 16.4. The molecule has 3 rings (SSSR count). The van der Waals surface area contributed by atoms with E-state index in [1.54, 1.807) is 30.3 Å². The van der Waals surface area contributed by atoms with Gasteiger partial charge in [0.25, 0.3) is 5.91 Å². The molecule has 1 amide bonds. The molecular formula is C22H25NO5S. The first-order valence-electron chi connectivity index (χ1n) is 9.75. The van der Waals surface area contributed by atoms with Crippen LogP contribution in [0.5, 0.6) is 0 Å². The number of ether oxygens (including phenoxy) is 1. The number of hydrogen-bond acceptors (Lipinski definition) is 5. The van der Waals surface area contributed by atoms with E-state index in [1.807, 2.05) is 19.1 Å². The van der Waals surface area contributed by atoms with Gasteiger partial charge in [0.1, 0.15) is 0 Å². The topological polar surface area (TPSA) is 89.5 Å². The van der Waals surface area contributed by atoms with Gasteiger partial charge in [0.05, 0.1) is 4.90 Å². The predicted octanol–water partition coefficient (Wildman–Crippen LogP) is 3.52. The van der Waals surface area contributed by atoms with Crippen LogP contribution in [0.2, 0.25) is 0 Å². The zero-order valence-corrected chi connectivity index (χ0v) is 17.2. The number of carbonyl (C=O) groups is 2. The molecule has 1 aliphatic rings. The van der Waals surface area contributed by atoms with E-state index in [-0.39, 0.29) is 17.7 Å². The summed E-state index contributed by atoms with van der Waals surface area (Å²) in [6.07, 6.45) is 2.53. The van der Waals surface area contributed by atoms with E-state index in [9.17, 15) is 18.0 Å². The van der Waals surface area contributed by atoms with E-state index in [4.69, 9.17) is 4.74 Å². The minimum absolute atomic E-state index is 0.0966. The Morgan fingerprint density at radius 1 is 1.00 bits per heavy atom. The molecule has 2 aromatic rings. The summed E-state index contributed by atoms with van der Waals surface area (Å²) in [6, 6.07) is 15.3. The van der Waals surface area contributed by atoms with E-state index >= 15 is 0 Å². The lowest BCUT2D eigenvalue weighted by Crippen LogP contribution is -2.46. The second-order valence-corrected chi connectivity index (χ2v) is 9.45. The Morgan fingerprint density at radius 2 is 1.62 bits per heavy atom. The first kappa shape index (κ1) is 21.0. The van der Waals surface area contributed by atoms with Gasteiger partial charge in [-0.2, -0.15) is 0 Å². The summed E-state index contributed by atoms with van der Waals surface area (Å²) in [5.74, 6) is -1.36. The van der Waals surface area contributed by atoms with Gasteiger partial charge in [-0.05, 0) is 49.1 Å². The molecule has 1 N–H and O–H groups in total. The van der Waals surface area contributed by atoms with Crippen LogP contribution in [0.15, 0.2) is 59.5 Å². The van der Waals surface area contributed by atoms with Gasteiger partial charge in [-0.25, -0.2) is 8.42 Å². The van der Waals surface area contributed by atoms with Crippen LogP contribution in [-0.4, -0.2) is 31.6 Å². The van der Waals surface area contributed by atoms with E-state index < -0.39 is 33.1 Å². The van der Waals surface area contributed by atoms with Crippen molar-refractivity contribution in [2.24, 2.45) is 0 Å². The maximum atomic E-state index is 13.2. The second-order valence-electron chi connectivity index (χ2n) is 7.19. The van der Waals surface area contributed by atoms with Crippen LogP contribution >= 0.6 is 0 Å². The van der Waals surface area contributed by atoms with Crippen molar-refractivity contribution in [2.75, 3.05) is 11.9 Å². The highest BCUT2D eigenvalue weighted by atomic mass is 32.2. The maximum Gasteiger partial charge on any atom is 0.328 e. The van der Waals surface area contributed by atoms with Gasteiger partial charge in [-0.15, -0.1) is 0 Å². The third-order valence-electron chi connectivity index (χ3n) is 5.33. The highest BCUT2D eigenvalue weighted by Crippen LogP contribution is 2.41. The van der Waals surface area contributed by atoms with Crippen LogP contribution in [0.25, 0.3) is 0 Å². The van der Waals surface area contributed by atoms with Crippen molar-refractivity contribution in [3.8, 4) is 0 Å². The lowest BCUT2D eigenvalue weighted by molar-refractivity contribution is -0.149. The van der Waals surface area contributed by atoms with Crippen molar-refractivity contribution < 1.29 is 22.7 Å². The number of carbonyl (C=O) groups excluding carboxylic acids is 2. The fourth-order valence-corrected chi connectivity index (χ4v) is 5.71. The Bertz CT molecular complexity index is 962. The number of nitrogens with one attached hydrogen (secondary N) is 1. The number of anilines is 1. The first-order valence-corrected chi connectivity index (χ1v) is 11.2. The summed E-state index contributed by atoms with van der Waals surface area (Å²) in [6.45, 7) is 1.51. The lowest BCUT2D eigenvalue weighted by atomic mass is 10.1. The number of aryl methyl sites for hydroxylation is 1. The Hall–Kier alpha value is -2.67. The highest BCUT2D eigenvalue weighted by Gasteiger charge is 2.54. The van der Waals surface area contributed by atoms with Crippen LogP contribution in [0.4, 0.5) is 5.69 Å². The number of esters is 1. The Morgan fingerprint density at radius 3 is 2.21 bits per heavy atom. The number of rotatable bonds is 7. The number of sulfone groups is 1. The molecule has 7 heteroatoms. The first-order chi connectivity index (χ1) is 13.9. The Balaban J connectivity index is 1.69. The zero-order chi connectivity index (χ0) is 20.9. The fourth-order valence-electron chi connectivity index (χ4n) is 3.64. The molecule has 1 aliphatic carbocycles.